The molecule has 2 heterocycles. The third kappa shape index (κ3) is 3.59. The van der Waals surface area contributed by atoms with Gasteiger partial charge in [-0.2, -0.15) is 11.8 Å². The van der Waals surface area contributed by atoms with E-state index < -0.39 is 5.97 Å². The van der Waals surface area contributed by atoms with Crippen molar-refractivity contribution in [3.8, 4) is 0 Å². The number of fused-ring (bicyclic) bond motifs is 1. The van der Waals surface area contributed by atoms with Gasteiger partial charge in [0.25, 0.3) is 0 Å². The van der Waals surface area contributed by atoms with Crippen molar-refractivity contribution in [1.82, 2.24) is 9.47 Å². The first-order chi connectivity index (χ1) is 11.6. The van der Waals surface area contributed by atoms with Gasteiger partial charge in [-0.05, 0) is 18.1 Å². The number of carboxylic acid groups (broad SMARTS) is 1. The number of hydrogen-bond acceptors (Lipinski definition) is 3. The molecular weight excluding hydrogens is 324 g/mol. The van der Waals surface area contributed by atoms with Crippen LogP contribution >= 0.6 is 11.8 Å². The van der Waals surface area contributed by atoms with Gasteiger partial charge in [-0.25, -0.2) is 0 Å². The molecule has 1 unspecified atom stereocenters. The van der Waals surface area contributed by atoms with Crippen LogP contribution in [0.25, 0.3) is 10.9 Å². The highest BCUT2D eigenvalue weighted by atomic mass is 32.2. The van der Waals surface area contributed by atoms with E-state index in [-0.39, 0.29) is 18.4 Å². The third-order valence-corrected chi connectivity index (χ3v) is 5.64. The van der Waals surface area contributed by atoms with Gasteiger partial charge in [0.05, 0.1) is 12.5 Å². The third-order valence-electron chi connectivity index (χ3n) is 4.55. The van der Waals surface area contributed by atoms with Crippen LogP contribution in [0.5, 0.6) is 0 Å². The van der Waals surface area contributed by atoms with E-state index in [0.29, 0.717) is 25.1 Å². The SMILES string of the molecule is Cn1cc(CCC(=O)N2CCSCC2CC(=O)O)c2ccccc21. The van der Waals surface area contributed by atoms with Crippen LogP contribution in [0.2, 0.25) is 0 Å². The Bertz CT molecular complexity index is 756. The lowest BCUT2D eigenvalue weighted by Gasteiger charge is -2.34. The fourth-order valence-electron chi connectivity index (χ4n) is 3.36. The monoisotopic (exact) mass is 346 g/mol. The highest BCUT2D eigenvalue weighted by Crippen LogP contribution is 2.23. The van der Waals surface area contributed by atoms with E-state index in [1.54, 1.807) is 16.7 Å². The summed E-state index contributed by atoms with van der Waals surface area (Å²) >= 11 is 1.73. The molecule has 128 valence electrons. The molecule has 1 saturated heterocycles. The summed E-state index contributed by atoms with van der Waals surface area (Å²) in [5.41, 5.74) is 2.33. The smallest absolute Gasteiger partial charge is 0.305 e. The van der Waals surface area contributed by atoms with Crippen LogP contribution in [0.15, 0.2) is 30.5 Å². The zero-order valence-corrected chi connectivity index (χ0v) is 14.6. The molecule has 0 radical (unpaired) electrons. The summed E-state index contributed by atoms with van der Waals surface area (Å²) in [7, 11) is 2.01. The number of hydrogen-bond donors (Lipinski definition) is 1. The van der Waals surface area contributed by atoms with E-state index in [1.807, 2.05) is 19.2 Å². The Morgan fingerprint density at radius 1 is 1.33 bits per heavy atom. The number of nitrogens with zero attached hydrogens (tertiary/aromatic N) is 2. The van der Waals surface area contributed by atoms with Crippen LogP contribution in [0.3, 0.4) is 0 Å². The highest BCUT2D eigenvalue weighted by molar-refractivity contribution is 7.99. The highest BCUT2D eigenvalue weighted by Gasteiger charge is 2.28. The van der Waals surface area contributed by atoms with E-state index in [0.717, 1.165) is 11.3 Å². The number of aromatic nitrogens is 1. The lowest BCUT2D eigenvalue weighted by atomic mass is 10.1. The number of carbonyl (C=O) groups is 2. The predicted octanol–water partition coefficient (Wildman–Crippen LogP) is 2.53. The zero-order chi connectivity index (χ0) is 17.1. The molecule has 6 heteroatoms. The lowest BCUT2D eigenvalue weighted by molar-refractivity contribution is -0.140. The van der Waals surface area contributed by atoms with Crippen LogP contribution in [0.4, 0.5) is 0 Å². The average molecular weight is 346 g/mol. The van der Waals surface area contributed by atoms with Crippen molar-refractivity contribution in [3.05, 3.63) is 36.0 Å². The molecule has 1 aromatic carbocycles. The molecule has 3 rings (SSSR count). The summed E-state index contributed by atoms with van der Waals surface area (Å²) in [6, 6.07) is 8.00. The normalized spacial score (nSPS) is 18.0. The number of amides is 1. The molecule has 0 saturated carbocycles. The first-order valence-electron chi connectivity index (χ1n) is 8.18. The fourth-order valence-corrected chi connectivity index (χ4v) is 4.43. The molecule has 24 heavy (non-hydrogen) atoms. The quantitative estimate of drug-likeness (QED) is 0.904. The van der Waals surface area contributed by atoms with Crippen LogP contribution in [0.1, 0.15) is 18.4 Å². The van der Waals surface area contributed by atoms with Gasteiger partial charge in [0.1, 0.15) is 0 Å². The topological polar surface area (TPSA) is 62.5 Å². The second-order valence-corrected chi connectivity index (χ2v) is 7.35. The minimum absolute atomic E-state index is 0.0347. The maximum Gasteiger partial charge on any atom is 0.305 e. The van der Waals surface area contributed by atoms with Crippen molar-refractivity contribution in [2.75, 3.05) is 18.1 Å². The second-order valence-electron chi connectivity index (χ2n) is 6.20. The van der Waals surface area contributed by atoms with Crippen molar-refractivity contribution < 1.29 is 14.7 Å². The summed E-state index contributed by atoms with van der Waals surface area (Å²) < 4.78 is 2.08. The van der Waals surface area contributed by atoms with Crippen LogP contribution in [-0.4, -0.2) is 50.5 Å². The number of aliphatic carboxylic acids is 1. The van der Waals surface area contributed by atoms with E-state index in [2.05, 4.69) is 22.9 Å². The van der Waals surface area contributed by atoms with Crippen molar-refractivity contribution in [2.24, 2.45) is 7.05 Å². The maximum absolute atomic E-state index is 12.6. The number of para-hydroxylation sites is 1. The molecular formula is C18H22N2O3S. The Morgan fingerprint density at radius 3 is 2.92 bits per heavy atom. The molecule has 0 bridgehead atoms. The van der Waals surface area contributed by atoms with Gasteiger partial charge in [-0.3, -0.25) is 9.59 Å². The number of carbonyl (C=O) groups excluding carboxylic acids is 1. The molecule has 5 nitrogen and oxygen atoms in total. The lowest BCUT2D eigenvalue weighted by Crippen LogP contribution is -2.47. The minimum atomic E-state index is -0.839. The molecule has 1 fully saturated rings. The van der Waals surface area contributed by atoms with Crippen molar-refractivity contribution >= 4 is 34.5 Å². The summed E-state index contributed by atoms with van der Waals surface area (Å²) in [6.07, 6.45) is 3.23. The van der Waals surface area contributed by atoms with Gasteiger partial charge in [0.15, 0.2) is 0 Å². The minimum Gasteiger partial charge on any atom is -0.481 e. The number of thioether (sulfide) groups is 1. The van der Waals surface area contributed by atoms with Crippen LogP contribution in [0, 0.1) is 0 Å². The maximum atomic E-state index is 12.6. The molecule has 1 aliphatic rings. The Balaban J connectivity index is 1.68. The molecule has 0 spiro atoms. The largest absolute Gasteiger partial charge is 0.481 e. The van der Waals surface area contributed by atoms with Gasteiger partial charge in [0.2, 0.25) is 5.91 Å². The second kappa shape index (κ2) is 7.30. The first kappa shape index (κ1) is 16.9. The van der Waals surface area contributed by atoms with Gasteiger partial charge >= 0.3 is 5.97 Å². The summed E-state index contributed by atoms with van der Waals surface area (Å²) in [4.78, 5) is 25.4. The molecule has 1 aromatic heterocycles. The van der Waals surface area contributed by atoms with Gasteiger partial charge in [-0.15, -0.1) is 0 Å². The first-order valence-corrected chi connectivity index (χ1v) is 9.33. The zero-order valence-electron chi connectivity index (χ0n) is 13.8. The van der Waals surface area contributed by atoms with Crippen LogP contribution < -0.4 is 0 Å². The van der Waals surface area contributed by atoms with Crippen LogP contribution in [-0.2, 0) is 23.1 Å². The molecule has 1 N–H and O–H groups in total. The molecule has 0 aliphatic carbocycles. The standard InChI is InChI=1S/C18H22N2O3S/c1-19-11-13(15-4-2-3-5-16(15)19)6-7-17(21)20-8-9-24-12-14(20)10-18(22)23/h2-5,11,14H,6-10,12H2,1H3,(H,22,23). The Kier molecular flexibility index (Phi) is 5.14. The van der Waals surface area contributed by atoms with Gasteiger partial charge in [-0.1, -0.05) is 18.2 Å². The van der Waals surface area contributed by atoms with Crippen molar-refractivity contribution in [1.29, 1.82) is 0 Å². The summed E-state index contributed by atoms with van der Waals surface area (Å²) in [5.74, 6) is 0.825. The average Bonchev–Trinajstić information content (AvgIpc) is 2.89. The summed E-state index contributed by atoms with van der Waals surface area (Å²) in [5, 5.41) is 10.2. The number of rotatable bonds is 5. The van der Waals surface area contributed by atoms with E-state index in [9.17, 15) is 9.59 Å². The van der Waals surface area contributed by atoms with Gasteiger partial charge < -0.3 is 14.6 Å². The number of benzene rings is 1. The Morgan fingerprint density at radius 2 is 2.12 bits per heavy atom. The van der Waals surface area contributed by atoms with E-state index in [4.69, 9.17) is 5.11 Å². The number of carboxylic acids is 1. The van der Waals surface area contributed by atoms with E-state index in [1.165, 1.54) is 10.9 Å². The Hall–Kier alpha value is -1.95. The fraction of sp³-hybridized carbons (Fsp3) is 0.444. The molecule has 1 aliphatic heterocycles. The van der Waals surface area contributed by atoms with E-state index >= 15 is 0 Å². The van der Waals surface area contributed by atoms with Crippen molar-refractivity contribution in [2.45, 2.75) is 25.3 Å². The molecule has 2 aromatic rings. The Labute approximate surface area is 145 Å². The molecule has 1 amide bonds. The predicted molar refractivity (Wildman–Crippen MR) is 96.3 cm³/mol. The van der Waals surface area contributed by atoms with Crippen molar-refractivity contribution in [3.63, 3.8) is 0 Å². The number of aryl methyl sites for hydroxylation is 2. The van der Waals surface area contributed by atoms with Gasteiger partial charge in [0, 0.05) is 48.6 Å². The summed E-state index contributed by atoms with van der Waals surface area (Å²) in [6.45, 7) is 0.650. The molecule has 1 atom stereocenters.